The molecule has 3 aromatic rings. The first-order valence-corrected chi connectivity index (χ1v) is 10.4. The lowest BCUT2D eigenvalue weighted by Crippen LogP contribution is -2.37. The SMILES string of the molecule is CS(=O)(=O)N(CC(=O)Nc1ccccc1Oc1ccccc1)c1ccccc1. The summed E-state index contributed by atoms with van der Waals surface area (Å²) < 4.78 is 31.2. The van der Waals surface area contributed by atoms with E-state index in [4.69, 9.17) is 4.74 Å². The third-order valence-electron chi connectivity index (χ3n) is 3.86. The Labute approximate surface area is 164 Å². The third kappa shape index (κ3) is 5.11. The minimum atomic E-state index is -3.62. The van der Waals surface area contributed by atoms with Crippen molar-refractivity contribution in [1.82, 2.24) is 0 Å². The first-order chi connectivity index (χ1) is 13.4. The number of carbonyl (C=O) groups excluding carboxylic acids is 1. The van der Waals surface area contributed by atoms with Crippen LogP contribution in [-0.2, 0) is 14.8 Å². The van der Waals surface area contributed by atoms with Crippen molar-refractivity contribution in [2.75, 3.05) is 22.4 Å². The van der Waals surface area contributed by atoms with E-state index in [1.165, 1.54) is 0 Å². The van der Waals surface area contributed by atoms with Gasteiger partial charge in [0.05, 0.1) is 17.6 Å². The van der Waals surface area contributed by atoms with E-state index < -0.39 is 15.9 Å². The number of sulfonamides is 1. The minimum Gasteiger partial charge on any atom is -0.455 e. The molecule has 0 saturated carbocycles. The van der Waals surface area contributed by atoms with E-state index in [1.807, 2.05) is 18.2 Å². The molecule has 6 nitrogen and oxygen atoms in total. The summed E-state index contributed by atoms with van der Waals surface area (Å²) in [4.78, 5) is 12.6. The molecule has 1 N–H and O–H groups in total. The van der Waals surface area contributed by atoms with Crippen molar-refractivity contribution in [1.29, 1.82) is 0 Å². The number of ether oxygens (including phenoxy) is 1. The van der Waals surface area contributed by atoms with Crippen LogP contribution in [0, 0.1) is 0 Å². The normalized spacial score (nSPS) is 10.9. The maximum absolute atomic E-state index is 12.6. The van der Waals surface area contributed by atoms with Crippen molar-refractivity contribution in [3.05, 3.63) is 84.9 Å². The average molecular weight is 396 g/mol. The number of carbonyl (C=O) groups is 1. The van der Waals surface area contributed by atoms with Crippen LogP contribution < -0.4 is 14.4 Å². The quantitative estimate of drug-likeness (QED) is 0.658. The third-order valence-corrected chi connectivity index (χ3v) is 5.00. The molecule has 0 aliphatic rings. The molecule has 0 bridgehead atoms. The molecule has 0 aliphatic heterocycles. The predicted molar refractivity (Wildman–Crippen MR) is 110 cm³/mol. The molecular formula is C21H20N2O4S. The van der Waals surface area contributed by atoms with Crippen molar-refractivity contribution in [3.63, 3.8) is 0 Å². The summed E-state index contributed by atoms with van der Waals surface area (Å²) >= 11 is 0. The highest BCUT2D eigenvalue weighted by Gasteiger charge is 2.21. The number of nitrogens with zero attached hydrogens (tertiary/aromatic N) is 1. The highest BCUT2D eigenvalue weighted by atomic mass is 32.2. The first-order valence-electron chi connectivity index (χ1n) is 8.58. The molecule has 1 amide bonds. The van der Waals surface area contributed by atoms with Gasteiger partial charge in [0.25, 0.3) is 0 Å². The van der Waals surface area contributed by atoms with Crippen LogP contribution in [0.1, 0.15) is 0 Å². The van der Waals surface area contributed by atoms with Crippen LogP contribution in [0.15, 0.2) is 84.9 Å². The summed E-state index contributed by atoms with van der Waals surface area (Å²) in [6.45, 7) is -0.345. The molecule has 0 spiro atoms. The van der Waals surface area contributed by atoms with Crippen LogP contribution in [0.3, 0.4) is 0 Å². The van der Waals surface area contributed by atoms with Crippen LogP contribution in [0.25, 0.3) is 0 Å². The minimum absolute atomic E-state index is 0.345. The summed E-state index contributed by atoms with van der Waals surface area (Å²) in [7, 11) is -3.62. The molecule has 0 fully saturated rings. The molecule has 144 valence electrons. The van der Waals surface area contributed by atoms with Crippen LogP contribution in [0.4, 0.5) is 11.4 Å². The predicted octanol–water partition coefficient (Wildman–Crippen LogP) is 3.88. The van der Waals surface area contributed by atoms with Gasteiger partial charge in [-0.05, 0) is 36.4 Å². The smallest absolute Gasteiger partial charge is 0.245 e. The van der Waals surface area contributed by atoms with Gasteiger partial charge in [-0.1, -0.05) is 48.5 Å². The Morgan fingerprint density at radius 3 is 2.11 bits per heavy atom. The van der Waals surface area contributed by atoms with Gasteiger partial charge in [0.2, 0.25) is 15.9 Å². The van der Waals surface area contributed by atoms with E-state index in [0.717, 1.165) is 10.6 Å². The number of para-hydroxylation sites is 4. The molecule has 0 atom stereocenters. The highest BCUT2D eigenvalue weighted by molar-refractivity contribution is 7.92. The molecule has 28 heavy (non-hydrogen) atoms. The summed E-state index contributed by atoms with van der Waals surface area (Å²) in [6, 6.07) is 24.7. The van der Waals surface area contributed by atoms with E-state index in [-0.39, 0.29) is 6.54 Å². The fourth-order valence-corrected chi connectivity index (χ4v) is 3.45. The second-order valence-electron chi connectivity index (χ2n) is 6.06. The Morgan fingerprint density at radius 2 is 1.46 bits per heavy atom. The lowest BCUT2D eigenvalue weighted by molar-refractivity contribution is -0.114. The van der Waals surface area contributed by atoms with Crippen LogP contribution in [-0.4, -0.2) is 27.1 Å². The van der Waals surface area contributed by atoms with Gasteiger partial charge >= 0.3 is 0 Å². The molecule has 0 heterocycles. The van der Waals surface area contributed by atoms with Crippen molar-refractivity contribution in [2.24, 2.45) is 0 Å². The Bertz CT molecular complexity index is 1040. The molecule has 0 aromatic heterocycles. The standard InChI is InChI=1S/C21H20N2O4S/c1-28(25,26)23(17-10-4-2-5-11-17)16-21(24)22-19-14-8-9-15-20(19)27-18-12-6-3-7-13-18/h2-15H,16H2,1H3,(H,22,24). The number of nitrogens with one attached hydrogen (secondary N) is 1. The van der Waals surface area contributed by atoms with E-state index in [0.29, 0.717) is 22.9 Å². The van der Waals surface area contributed by atoms with Crippen LogP contribution in [0.2, 0.25) is 0 Å². The van der Waals surface area contributed by atoms with Gasteiger partial charge in [0.15, 0.2) is 5.75 Å². The van der Waals surface area contributed by atoms with Gasteiger partial charge in [-0.2, -0.15) is 0 Å². The first kappa shape index (κ1) is 19.4. The largest absolute Gasteiger partial charge is 0.455 e. The number of anilines is 2. The molecule has 3 rings (SSSR count). The Hall–Kier alpha value is -3.32. The highest BCUT2D eigenvalue weighted by Crippen LogP contribution is 2.29. The Kier molecular flexibility index (Phi) is 5.96. The van der Waals surface area contributed by atoms with Gasteiger partial charge in [0, 0.05) is 0 Å². The zero-order valence-corrected chi connectivity index (χ0v) is 16.1. The van der Waals surface area contributed by atoms with Crippen molar-refractivity contribution in [2.45, 2.75) is 0 Å². The lowest BCUT2D eigenvalue weighted by Gasteiger charge is -2.22. The van der Waals surface area contributed by atoms with E-state index in [2.05, 4.69) is 5.32 Å². The fraction of sp³-hybridized carbons (Fsp3) is 0.0952. The fourth-order valence-electron chi connectivity index (χ4n) is 2.59. The second-order valence-corrected chi connectivity index (χ2v) is 7.97. The van der Waals surface area contributed by atoms with Crippen LogP contribution in [0.5, 0.6) is 11.5 Å². The maximum atomic E-state index is 12.6. The molecule has 0 unspecified atom stereocenters. The molecule has 7 heteroatoms. The molecular weight excluding hydrogens is 376 g/mol. The van der Waals surface area contributed by atoms with Crippen molar-refractivity contribution < 1.29 is 17.9 Å². The van der Waals surface area contributed by atoms with Gasteiger partial charge in [-0.3, -0.25) is 9.10 Å². The summed E-state index contributed by atoms with van der Waals surface area (Å²) in [5.74, 6) is 0.623. The van der Waals surface area contributed by atoms with Gasteiger partial charge in [0.1, 0.15) is 12.3 Å². The van der Waals surface area contributed by atoms with E-state index in [1.54, 1.807) is 66.7 Å². The zero-order chi connectivity index (χ0) is 20.0. The average Bonchev–Trinajstić information content (AvgIpc) is 2.68. The van der Waals surface area contributed by atoms with Crippen molar-refractivity contribution in [3.8, 4) is 11.5 Å². The topological polar surface area (TPSA) is 75.7 Å². The molecule has 3 aromatic carbocycles. The monoisotopic (exact) mass is 396 g/mol. The van der Waals surface area contributed by atoms with E-state index in [9.17, 15) is 13.2 Å². The number of hydrogen-bond acceptors (Lipinski definition) is 4. The number of benzene rings is 3. The Balaban J connectivity index is 1.77. The van der Waals surface area contributed by atoms with Crippen LogP contribution >= 0.6 is 0 Å². The second kappa shape index (κ2) is 8.58. The molecule has 0 radical (unpaired) electrons. The zero-order valence-electron chi connectivity index (χ0n) is 15.3. The summed E-state index contributed by atoms with van der Waals surface area (Å²) in [5, 5.41) is 2.73. The van der Waals surface area contributed by atoms with Gasteiger partial charge in [-0.15, -0.1) is 0 Å². The number of rotatable bonds is 7. The summed E-state index contributed by atoms with van der Waals surface area (Å²) in [6.07, 6.45) is 1.07. The number of amides is 1. The molecule has 0 aliphatic carbocycles. The molecule has 0 saturated heterocycles. The van der Waals surface area contributed by atoms with E-state index >= 15 is 0 Å². The van der Waals surface area contributed by atoms with Gasteiger partial charge < -0.3 is 10.1 Å². The number of hydrogen-bond donors (Lipinski definition) is 1. The van der Waals surface area contributed by atoms with Gasteiger partial charge in [-0.25, -0.2) is 8.42 Å². The lowest BCUT2D eigenvalue weighted by atomic mass is 10.2. The Morgan fingerprint density at radius 1 is 0.893 bits per heavy atom. The summed E-state index contributed by atoms with van der Waals surface area (Å²) in [5.41, 5.74) is 0.881. The maximum Gasteiger partial charge on any atom is 0.245 e. The van der Waals surface area contributed by atoms with Crippen molar-refractivity contribution >= 4 is 27.3 Å².